The van der Waals surface area contributed by atoms with Gasteiger partial charge in [0, 0.05) is 61.4 Å². The average Bonchev–Trinajstić information content (AvgIpc) is 3.20. The molecule has 5 rings (SSSR count). The summed E-state index contributed by atoms with van der Waals surface area (Å²) in [6.07, 6.45) is 6.26. The summed E-state index contributed by atoms with van der Waals surface area (Å²) in [5, 5.41) is 3.92. The second kappa shape index (κ2) is 9.60. The molecule has 37 heavy (non-hydrogen) atoms. The molecule has 0 bridgehead atoms. The number of hydrogen-bond donors (Lipinski definition) is 1. The van der Waals surface area contributed by atoms with Crippen LogP contribution in [0.15, 0.2) is 55.0 Å². The van der Waals surface area contributed by atoms with Crippen molar-refractivity contribution in [2.45, 2.75) is 12.6 Å². The first-order valence-electron chi connectivity index (χ1n) is 11.8. The number of anilines is 4. The summed E-state index contributed by atoms with van der Waals surface area (Å²) < 4.78 is 42.1. The van der Waals surface area contributed by atoms with Gasteiger partial charge in [-0.15, -0.1) is 0 Å². The topological polar surface area (TPSA) is 99.5 Å². The Morgan fingerprint density at radius 1 is 1.14 bits per heavy atom. The van der Waals surface area contributed by atoms with Crippen LogP contribution < -0.4 is 14.5 Å². The van der Waals surface area contributed by atoms with Crippen LogP contribution in [-0.4, -0.2) is 79.4 Å². The second-order valence-electron chi connectivity index (χ2n) is 9.45. The van der Waals surface area contributed by atoms with Crippen molar-refractivity contribution in [1.82, 2.24) is 24.4 Å². The van der Waals surface area contributed by atoms with Crippen LogP contribution in [0.4, 0.5) is 27.5 Å². The van der Waals surface area contributed by atoms with E-state index in [1.165, 1.54) is 13.1 Å². The first kappa shape index (κ1) is 24.9. The Morgan fingerprint density at radius 2 is 1.92 bits per heavy atom. The van der Waals surface area contributed by atoms with Gasteiger partial charge in [0.25, 0.3) is 0 Å². The minimum atomic E-state index is -3.47. The van der Waals surface area contributed by atoms with E-state index in [9.17, 15) is 12.8 Å². The molecule has 10 nitrogen and oxygen atoms in total. The molecule has 0 aliphatic carbocycles. The third-order valence-corrected chi connectivity index (χ3v) is 7.81. The molecule has 4 aromatic rings. The number of halogens is 1. The number of hydrogen-bond acceptors (Lipinski definition) is 8. The molecule has 1 saturated heterocycles. The lowest BCUT2D eigenvalue weighted by Crippen LogP contribution is -2.57. The maximum absolute atomic E-state index is 14.9. The molecular formula is C25H29FN8O2S. The standard InChI is InChI=1S/C25H29FN8O2S/c1-31(2)20-15-34(16-20)22-8-7-19(12-21(22)26)29-25-28-13-17-9-11-33(24(17)30-25)14-18-6-5-10-27-23(18)32(3)37(4,35)36/h5-13,20H,14-16H2,1-4H3,(H,28,29,30). The lowest BCUT2D eigenvalue weighted by molar-refractivity contribution is 0.246. The van der Waals surface area contributed by atoms with Crippen LogP contribution in [0.25, 0.3) is 11.0 Å². The molecule has 0 saturated carbocycles. The smallest absolute Gasteiger partial charge is 0.233 e. The minimum absolute atomic E-state index is 0.300. The third-order valence-electron chi connectivity index (χ3n) is 6.64. The SMILES string of the molecule is CN(C)C1CN(c2ccc(Nc3ncc4ccn(Cc5cccnc5N(C)S(C)(=O)=O)c4n3)cc2F)C1. The normalized spacial score (nSPS) is 14.3. The number of nitrogens with one attached hydrogen (secondary N) is 1. The lowest BCUT2D eigenvalue weighted by atomic mass is 10.1. The molecule has 1 aromatic carbocycles. The van der Waals surface area contributed by atoms with Crippen molar-refractivity contribution < 1.29 is 12.8 Å². The summed E-state index contributed by atoms with van der Waals surface area (Å²) in [5.41, 5.74) is 2.51. The van der Waals surface area contributed by atoms with E-state index >= 15 is 0 Å². The Labute approximate surface area is 215 Å². The highest BCUT2D eigenvalue weighted by atomic mass is 32.2. The van der Waals surface area contributed by atoms with E-state index < -0.39 is 10.0 Å². The molecule has 0 spiro atoms. The van der Waals surface area contributed by atoms with Gasteiger partial charge in [-0.05, 0) is 44.4 Å². The Morgan fingerprint density at radius 3 is 2.62 bits per heavy atom. The van der Waals surface area contributed by atoms with E-state index in [1.807, 2.05) is 48.0 Å². The van der Waals surface area contributed by atoms with E-state index in [0.29, 0.717) is 41.4 Å². The van der Waals surface area contributed by atoms with Gasteiger partial charge in [-0.25, -0.2) is 22.8 Å². The van der Waals surface area contributed by atoms with Crippen LogP contribution in [0, 0.1) is 5.82 Å². The number of pyridine rings is 1. The Kier molecular flexibility index (Phi) is 6.46. The van der Waals surface area contributed by atoms with Crippen LogP contribution in [0.2, 0.25) is 0 Å². The molecule has 1 aliphatic heterocycles. The monoisotopic (exact) mass is 524 g/mol. The maximum atomic E-state index is 14.9. The first-order valence-corrected chi connectivity index (χ1v) is 13.6. The molecule has 1 fully saturated rings. The van der Waals surface area contributed by atoms with Gasteiger partial charge in [0.05, 0.1) is 18.5 Å². The number of sulfonamides is 1. The predicted molar refractivity (Wildman–Crippen MR) is 143 cm³/mol. The molecule has 1 aliphatic rings. The van der Waals surface area contributed by atoms with Crippen molar-refractivity contribution in [3.05, 3.63) is 66.4 Å². The molecule has 194 valence electrons. The molecule has 1 N–H and O–H groups in total. The predicted octanol–water partition coefficient (Wildman–Crippen LogP) is 2.90. The number of nitrogens with zero attached hydrogens (tertiary/aromatic N) is 7. The zero-order valence-electron chi connectivity index (χ0n) is 21.1. The number of benzene rings is 1. The van der Waals surface area contributed by atoms with Crippen molar-refractivity contribution >= 4 is 44.2 Å². The van der Waals surface area contributed by atoms with Gasteiger partial charge in [0.1, 0.15) is 17.3 Å². The third kappa shape index (κ3) is 5.07. The van der Waals surface area contributed by atoms with Gasteiger partial charge in [-0.3, -0.25) is 4.31 Å². The van der Waals surface area contributed by atoms with Gasteiger partial charge in [0.2, 0.25) is 16.0 Å². The van der Waals surface area contributed by atoms with E-state index in [1.54, 1.807) is 24.5 Å². The fraction of sp³-hybridized carbons (Fsp3) is 0.320. The summed E-state index contributed by atoms with van der Waals surface area (Å²) in [6.45, 7) is 1.95. The van der Waals surface area contributed by atoms with E-state index in [2.05, 4.69) is 25.2 Å². The van der Waals surface area contributed by atoms with Crippen molar-refractivity contribution in [2.75, 3.05) is 55.0 Å². The number of rotatable bonds is 8. The van der Waals surface area contributed by atoms with Crippen molar-refractivity contribution in [1.29, 1.82) is 0 Å². The first-order chi connectivity index (χ1) is 17.6. The van der Waals surface area contributed by atoms with Crippen LogP contribution in [0.5, 0.6) is 0 Å². The van der Waals surface area contributed by atoms with Gasteiger partial charge in [-0.2, -0.15) is 4.98 Å². The molecule has 0 radical (unpaired) electrons. The van der Waals surface area contributed by atoms with Gasteiger partial charge in [0.15, 0.2) is 0 Å². The molecule has 0 atom stereocenters. The van der Waals surface area contributed by atoms with Gasteiger partial charge in [-0.1, -0.05) is 6.07 Å². The molecule has 12 heteroatoms. The van der Waals surface area contributed by atoms with E-state index in [-0.39, 0.29) is 5.82 Å². The summed E-state index contributed by atoms with van der Waals surface area (Å²) in [5.74, 6) is 0.385. The molecule has 3 aromatic heterocycles. The second-order valence-corrected chi connectivity index (χ2v) is 11.5. The molecule has 0 unspecified atom stereocenters. The number of likely N-dealkylation sites (N-methyl/N-ethyl adjacent to an activating group) is 1. The molecule has 4 heterocycles. The highest BCUT2D eigenvalue weighted by molar-refractivity contribution is 7.92. The van der Waals surface area contributed by atoms with E-state index in [4.69, 9.17) is 0 Å². The Balaban J connectivity index is 1.36. The highest BCUT2D eigenvalue weighted by Gasteiger charge is 2.30. The summed E-state index contributed by atoms with van der Waals surface area (Å²) in [6, 6.07) is 11.0. The fourth-order valence-corrected chi connectivity index (χ4v) is 4.76. The lowest BCUT2D eigenvalue weighted by Gasteiger charge is -2.44. The molecular weight excluding hydrogens is 495 g/mol. The van der Waals surface area contributed by atoms with Crippen LogP contribution in [-0.2, 0) is 16.6 Å². The van der Waals surface area contributed by atoms with E-state index in [0.717, 1.165) is 34.6 Å². The van der Waals surface area contributed by atoms with Crippen molar-refractivity contribution in [3.63, 3.8) is 0 Å². The van der Waals surface area contributed by atoms with Crippen molar-refractivity contribution in [2.24, 2.45) is 0 Å². The highest BCUT2D eigenvalue weighted by Crippen LogP contribution is 2.29. The summed E-state index contributed by atoms with van der Waals surface area (Å²) >= 11 is 0. The van der Waals surface area contributed by atoms with Crippen LogP contribution in [0.1, 0.15) is 5.56 Å². The Hall–Kier alpha value is -3.77. The van der Waals surface area contributed by atoms with Crippen LogP contribution in [0.3, 0.4) is 0 Å². The average molecular weight is 525 g/mol. The molecule has 0 amide bonds. The zero-order chi connectivity index (χ0) is 26.3. The van der Waals surface area contributed by atoms with Gasteiger partial charge < -0.3 is 19.7 Å². The zero-order valence-corrected chi connectivity index (χ0v) is 21.9. The van der Waals surface area contributed by atoms with Crippen LogP contribution >= 0.6 is 0 Å². The maximum Gasteiger partial charge on any atom is 0.233 e. The number of aromatic nitrogens is 4. The largest absolute Gasteiger partial charge is 0.366 e. The quantitative estimate of drug-likeness (QED) is 0.376. The minimum Gasteiger partial charge on any atom is -0.366 e. The summed E-state index contributed by atoms with van der Waals surface area (Å²) in [7, 11) is 2.07. The summed E-state index contributed by atoms with van der Waals surface area (Å²) in [4.78, 5) is 17.5. The van der Waals surface area contributed by atoms with Gasteiger partial charge >= 0.3 is 0 Å². The number of fused-ring (bicyclic) bond motifs is 1. The Bertz CT molecular complexity index is 1550. The van der Waals surface area contributed by atoms with Crippen molar-refractivity contribution in [3.8, 4) is 0 Å². The fourth-order valence-electron chi connectivity index (χ4n) is 4.29.